The van der Waals surface area contributed by atoms with Crippen molar-refractivity contribution in [1.29, 1.82) is 0 Å². The van der Waals surface area contributed by atoms with E-state index in [1.807, 2.05) is 0 Å². The van der Waals surface area contributed by atoms with Crippen LogP contribution in [0.2, 0.25) is 0 Å². The molecular formula is C53H90O5. The lowest BCUT2D eigenvalue weighted by molar-refractivity contribution is -0.161. The Labute approximate surface area is 358 Å². The van der Waals surface area contributed by atoms with Crippen LogP contribution in [0.1, 0.15) is 219 Å². The monoisotopic (exact) mass is 807 g/mol. The molecule has 0 radical (unpaired) electrons. The molecule has 0 saturated heterocycles. The SMILES string of the molecule is CC/C=C\C/C=C\C/C=C\C/C=C\CCCCCCCCCCCCCCCCCCCCC(=O)OC(CO)COC(=O)CCCCC/C=C\C/C=C\C/C=C\CC. The molecule has 0 aromatic carbocycles. The molecule has 58 heavy (non-hydrogen) atoms. The molecule has 0 rings (SSSR count). The van der Waals surface area contributed by atoms with Crippen molar-refractivity contribution in [3.8, 4) is 0 Å². The first kappa shape index (κ1) is 55.1. The Kier molecular flexibility index (Phi) is 46.0. The van der Waals surface area contributed by atoms with Gasteiger partial charge in [-0.25, -0.2) is 0 Å². The fourth-order valence-corrected chi connectivity index (χ4v) is 6.62. The van der Waals surface area contributed by atoms with Crippen LogP contribution >= 0.6 is 0 Å². The summed E-state index contributed by atoms with van der Waals surface area (Å²) < 4.78 is 10.6. The van der Waals surface area contributed by atoms with E-state index in [-0.39, 0.29) is 25.2 Å². The van der Waals surface area contributed by atoms with E-state index >= 15 is 0 Å². The summed E-state index contributed by atoms with van der Waals surface area (Å²) in [4.78, 5) is 24.3. The van der Waals surface area contributed by atoms with Gasteiger partial charge >= 0.3 is 11.9 Å². The van der Waals surface area contributed by atoms with Crippen molar-refractivity contribution in [3.05, 3.63) is 85.1 Å². The smallest absolute Gasteiger partial charge is 0.306 e. The van der Waals surface area contributed by atoms with E-state index in [1.54, 1.807) is 0 Å². The highest BCUT2D eigenvalue weighted by Gasteiger charge is 2.16. The Morgan fingerprint density at radius 2 is 0.690 bits per heavy atom. The summed E-state index contributed by atoms with van der Waals surface area (Å²) in [5.74, 6) is -0.625. The predicted molar refractivity (Wildman–Crippen MR) is 251 cm³/mol. The predicted octanol–water partition coefficient (Wildman–Crippen LogP) is 15.9. The third-order valence-corrected chi connectivity index (χ3v) is 10.2. The Balaban J connectivity index is 3.48. The number of carbonyl (C=O) groups is 2. The molecule has 0 aliphatic rings. The highest BCUT2D eigenvalue weighted by atomic mass is 16.6. The molecule has 0 aliphatic carbocycles. The number of allylic oxidation sites excluding steroid dienone is 14. The zero-order valence-corrected chi connectivity index (χ0v) is 37.8. The van der Waals surface area contributed by atoms with Gasteiger partial charge in [0.1, 0.15) is 6.61 Å². The molecule has 0 fully saturated rings. The normalized spacial score (nSPS) is 12.9. The Bertz CT molecular complexity index is 1090. The minimum absolute atomic E-state index is 0.0828. The van der Waals surface area contributed by atoms with Crippen LogP contribution in [-0.4, -0.2) is 36.4 Å². The average Bonchev–Trinajstić information content (AvgIpc) is 3.23. The lowest BCUT2D eigenvalue weighted by Gasteiger charge is -2.15. The van der Waals surface area contributed by atoms with Gasteiger partial charge in [-0.15, -0.1) is 0 Å². The van der Waals surface area contributed by atoms with Crippen LogP contribution in [0.3, 0.4) is 0 Å². The first-order valence-electron chi connectivity index (χ1n) is 24.1. The molecule has 0 aromatic rings. The Hall–Kier alpha value is -2.92. The highest BCUT2D eigenvalue weighted by Crippen LogP contribution is 2.15. The highest BCUT2D eigenvalue weighted by molar-refractivity contribution is 5.70. The third kappa shape index (κ3) is 45.8. The number of aliphatic hydroxyl groups excluding tert-OH is 1. The molecular weight excluding hydrogens is 717 g/mol. The first-order valence-corrected chi connectivity index (χ1v) is 24.1. The van der Waals surface area contributed by atoms with Crippen molar-refractivity contribution in [2.75, 3.05) is 13.2 Å². The lowest BCUT2D eigenvalue weighted by Crippen LogP contribution is -2.28. The second-order valence-electron chi connectivity index (χ2n) is 15.8. The molecule has 0 spiro atoms. The zero-order valence-electron chi connectivity index (χ0n) is 37.8. The maximum absolute atomic E-state index is 12.2. The summed E-state index contributed by atoms with van der Waals surface area (Å²) in [6, 6.07) is 0. The van der Waals surface area contributed by atoms with Gasteiger partial charge in [-0.3, -0.25) is 9.59 Å². The van der Waals surface area contributed by atoms with Gasteiger partial charge in [0.2, 0.25) is 0 Å². The molecule has 0 aromatic heterocycles. The van der Waals surface area contributed by atoms with E-state index < -0.39 is 6.10 Å². The van der Waals surface area contributed by atoms with Crippen molar-refractivity contribution in [2.45, 2.75) is 225 Å². The van der Waals surface area contributed by atoms with E-state index in [2.05, 4.69) is 98.9 Å². The summed E-state index contributed by atoms with van der Waals surface area (Å²) >= 11 is 0. The fraction of sp³-hybridized carbons (Fsp3) is 0.698. The van der Waals surface area contributed by atoms with Crippen molar-refractivity contribution < 1.29 is 24.2 Å². The van der Waals surface area contributed by atoms with Gasteiger partial charge in [0.25, 0.3) is 0 Å². The average molecular weight is 807 g/mol. The fourth-order valence-electron chi connectivity index (χ4n) is 6.62. The summed E-state index contributed by atoms with van der Waals surface area (Å²) in [5.41, 5.74) is 0. The topological polar surface area (TPSA) is 72.8 Å². The van der Waals surface area contributed by atoms with Gasteiger partial charge in [-0.05, 0) is 83.5 Å². The number of carbonyl (C=O) groups excluding carboxylic acids is 2. The van der Waals surface area contributed by atoms with E-state index in [1.165, 1.54) is 103 Å². The number of unbranched alkanes of at least 4 members (excludes halogenated alkanes) is 21. The molecule has 0 amide bonds. The van der Waals surface area contributed by atoms with E-state index in [4.69, 9.17) is 9.47 Å². The standard InChI is InChI=1S/C53H90O5/c1-3-5-7-9-11-13-15-17-18-19-20-21-22-23-24-25-26-27-28-29-30-31-32-33-34-36-38-40-42-44-46-48-53(56)58-51(49-54)50-57-52(55)47-45-43-41-39-37-35-16-14-12-10-8-6-4-2/h5-8,11-14,17-18,20-21,35,37,51,54H,3-4,9-10,15-16,19,22-34,36,38-50H2,1-2H3/b7-5-,8-6-,13-11-,14-12-,18-17-,21-20-,37-35-. The summed E-state index contributed by atoms with van der Waals surface area (Å²) in [7, 11) is 0. The van der Waals surface area contributed by atoms with Crippen molar-refractivity contribution in [1.82, 2.24) is 0 Å². The van der Waals surface area contributed by atoms with Crippen LogP contribution < -0.4 is 0 Å². The molecule has 0 saturated carbocycles. The minimum Gasteiger partial charge on any atom is -0.462 e. The van der Waals surface area contributed by atoms with Gasteiger partial charge in [-0.1, -0.05) is 208 Å². The molecule has 0 bridgehead atoms. The largest absolute Gasteiger partial charge is 0.462 e. The van der Waals surface area contributed by atoms with Crippen LogP contribution in [0.25, 0.3) is 0 Å². The van der Waals surface area contributed by atoms with Crippen molar-refractivity contribution in [3.63, 3.8) is 0 Å². The minimum atomic E-state index is -0.786. The van der Waals surface area contributed by atoms with Gasteiger partial charge < -0.3 is 14.6 Å². The molecule has 0 heterocycles. The second-order valence-corrected chi connectivity index (χ2v) is 15.8. The van der Waals surface area contributed by atoms with Crippen LogP contribution in [0, 0.1) is 0 Å². The molecule has 332 valence electrons. The molecule has 1 atom stereocenters. The molecule has 5 heteroatoms. The molecule has 5 nitrogen and oxygen atoms in total. The number of rotatable bonds is 43. The van der Waals surface area contributed by atoms with Crippen LogP contribution in [0.5, 0.6) is 0 Å². The first-order chi connectivity index (χ1) is 28.6. The third-order valence-electron chi connectivity index (χ3n) is 10.2. The van der Waals surface area contributed by atoms with Gasteiger partial charge in [-0.2, -0.15) is 0 Å². The van der Waals surface area contributed by atoms with Crippen LogP contribution in [0.15, 0.2) is 85.1 Å². The van der Waals surface area contributed by atoms with Gasteiger partial charge in [0.05, 0.1) is 6.61 Å². The number of hydrogen-bond donors (Lipinski definition) is 1. The van der Waals surface area contributed by atoms with Gasteiger partial charge in [0.15, 0.2) is 6.10 Å². The molecule has 1 N–H and O–H groups in total. The van der Waals surface area contributed by atoms with E-state index in [0.717, 1.165) is 89.9 Å². The van der Waals surface area contributed by atoms with Crippen LogP contribution in [-0.2, 0) is 19.1 Å². The Morgan fingerprint density at radius 1 is 0.397 bits per heavy atom. The molecule has 0 aliphatic heterocycles. The van der Waals surface area contributed by atoms with Crippen molar-refractivity contribution >= 4 is 11.9 Å². The van der Waals surface area contributed by atoms with Crippen molar-refractivity contribution in [2.24, 2.45) is 0 Å². The van der Waals surface area contributed by atoms with Gasteiger partial charge in [0, 0.05) is 12.8 Å². The van der Waals surface area contributed by atoms with E-state index in [9.17, 15) is 14.7 Å². The summed E-state index contributed by atoms with van der Waals surface area (Å²) in [5, 5.41) is 9.59. The number of esters is 2. The summed E-state index contributed by atoms with van der Waals surface area (Å²) in [6.07, 6.45) is 66.9. The lowest BCUT2D eigenvalue weighted by atomic mass is 10.0. The number of aliphatic hydroxyl groups is 1. The van der Waals surface area contributed by atoms with E-state index in [0.29, 0.717) is 12.8 Å². The number of hydrogen-bond acceptors (Lipinski definition) is 5. The molecule has 1 unspecified atom stereocenters. The maximum Gasteiger partial charge on any atom is 0.306 e. The quantitative estimate of drug-likeness (QED) is 0.0377. The Morgan fingerprint density at radius 3 is 1.05 bits per heavy atom. The second kappa shape index (κ2) is 48.4. The maximum atomic E-state index is 12.2. The number of ether oxygens (including phenoxy) is 2. The summed E-state index contributed by atoms with van der Waals surface area (Å²) in [6.45, 7) is 3.89. The van der Waals surface area contributed by atoms with Crippen LogP contribution in [0.4, 0.5) is 0 Å². The zero-order chi connectivity index (χ0) is 42.1.